The lowest BCUT2D eigenvalue weighted by Gasteiger charge is -2.15. The highest BCUT2D eigenvalue weighted by atomic mass is 32.2. The summed E-state index contributed by atoms with van der Waals surface area (Å²) in [7, 11) is 2.48. The van der Waals surface area contributed by atoms with Crippen molar-refractivity contribution in [3.05, 3.63) is 9.75 Å². The second kappa shape index (κ2) is 12.8. The van der Waals surface area contributed by atoms with Crippen molar-refractivity contribution in [3.8, 4) is 11.5 Å². The average Bonchev–Trinajstić information content (AvgIpc) is 2.98. The van der Waals surface area contributed by atoms with Crippen molar-refractivity contribution in [1.82, 2.24) is 10.6 Å². The van der Waals surface area contributed by atoms with Crippen molar-refractivity contribution >= 4 is 58.6 Å². The largest absolute Gasteiger partial charge is 0.488 e. The van der Waals surface area contributed by atoms with Crippen LogP contribution >= 0.6 is 34.9 Å². The fourth-order valence-corrected chi connectivity index (χ4v) is 4.87. The molecule has 1 aliphatic heterocycles. The van der Waals surface area contributed by atoms with Gasteiger partial charge < -0.3 is 29.6 Å². The minimum atomic E-state index is -0.866. The lowest BCUT2D eigenvalue weighted by Crippen LogP contribution is -2.43. The van der Waals surface area contributed by atoms with Crippen LogP contribution < -0.4 is 20.1 Å². The van der Waals surface area contributed by atoms with Gasteiger partial charge in [-0.3, -0.25) is 9.59 Å². The van der Waals surface area contributed by atoms with E-state index >= 15 is 0 Å². The summed E-state index contributed by atoms with van der Waals surface area (Å²) in [5.74, 6) is -1.43. The molecule has 0 bridgehead atoms. The van der Waals surface area contributed by atoms with Gasteiger partial charge in [0.2, 0.25) is 0 Å². The van der Waals surface area contributed by atoms with Crippen LogP contribution in [-0.2, 0) is 19.1 Å². The third-order valence-corrected chi connectivity index (χ3v) is 6.75. The Hall–Kier alpha value is -2.12. The molecule has 0 radical (unpaired) electrons. The Balaban J connectivity index is 2.35. The van der Waals surface area contributed by atoms with Crippen molar-refractivity contribution in [2.75, 3.05) is 51.5 Å². The molecule has 2 N–H and O–H groups in total. The first kappa shape index (κ1) is 26.1. The number of fused-ring (bicyclic) bond motifs is 1. The molecule has 2 amide bonds. The molecular weight excluding hydrogens is 480 g/mol. The molecule has 10 nitrogen and oxygen atoms in total. The summed E-state index contributed by atoms with van der Waals surface area (Å²) >= 11 is 3.61. The minimum Gasteiger partial charge on any atom is -0.488 e. The molecular formula is C19H26N2O8S3. The monoisotopic (exact) mass is 506 g/mol. The van der Waals surface area contributed by atoms with Crippen molar-refractivity contribution in [3.63, 3.8) is 0 Å². The van der Waals surface area contributed by atoms with E-state index in [2.05, 4.69) is 10.6 Å². The van der Waals surface area contributed by atoms with E-state index in [4.69, 9.17) is 18.9 Å². The topological polar surface area (TPSA) is 129 Å². The second-order valence-corrected chi connectivity index (χ2v) is 9.32. The van der Waals surface area contributed by atoms with Crippen molar-refractivity contribution in [2.45, 2.75) is 18.5 Å². The van der Waals surface area contributed by atoms with Crippen LogP contribution in [0, 0.1) is 0 Å². The smallest absolute Gasteiger partial charge is 0.329 e. The predicted molar refractivity (Wildman–Crippen MR) is 123 cm³/mol. The van der Waals surface area contributed by atoms with Crippen molar-refractivity contribution in [2.24, 2.45) is 0 Å². The SMILES string of the molecule is COC(=O)C(CSC)NC(=O)c1sc(C(=O)NC(CSC)C(=O)OC)c2c1OCCCO2. The number of amides is 2. The number of ether oxygens (including phenoxy) is 4. The molecule has 0 saturated heterocycles. The van der Waals surface area contributed by atoms with E-state index in [1.54, 1.807) is 12.5 Å². The Morgan fingerprint density at radius 3 is 1.62 bits per heavy atom. The number of rotatable bonds is 10. The minimum absolute atomic E-state index is 0.0986. The maximum absolute atomic E-state index is 13.0. The molecule has 2 heterocycles. The van der Waals surface area contributed by atoms with E-state index in [-0.39, 0.29) is 21.3 Å². The first-order chi connectivity index (χ1) is 15.4. The summed E-state index contributed by atoms with van der Waals surface area (Å²) < 4.78 is 20.9. The number of thiophene rings is 1. The van der Waals surface area contributed by atoms with Crippen LogP contribution in [0.15, 0.2) is 0 Å². The molecule has 2 rings (SSSR count). The maximum Gasteiger partial charge on any atom is 0.329 e. The molecule has 1 aromatic rings. The quantitative estimate of drug-likeness (QED) is 0.446. The molecule has 13 heteroatoms. The van der Waals surface area contributed by atoms with Gasteiger partial charge in [0.05, 0.1) is 27.4 Å². The fraction of sp³-hybridized carbons (Fsp3) is 0.579. The Morgan fingerprint density at radius 1 is 0.875 bits per heavy atom. The Kier molecular flexibility index (Phi) is 10.5. The molecule has 0 saturated carbocycles. The standard InChI is InChI=1S/C19H26N2O8S3/c1-26-18(24)10(8-30-3)20-16(22)14-12-13(29-7-5-6-28-12)15(32-14)17(23)21-11(9-31-4)19(25)27-2/h10-11H,5-9H2,1-4H3,(H,20,22)(H,21,23). The normalized spacial score (nSPS) is 14.5. The summed E-state index contributed by atoms with van der Waals surface area (Å²) in [4.78, 5) is 50.1. The first-order valence-electron chi connectivity index (χ1n) is 9.55. The number of hydrogen-bond acceptors (Lipinski definition) is 11. The van der Waals surface area contributed by atoms with Crippen LogP contribution in [0.5, 0.6) is 11.5 Å². The van der Waals surface area contributed by atoms with Gasteiger partial charge in [0.15, 0.2) is 11.5 Å². The molecule has 32 heavy (non-hydrogen) atoms. The van der Waals surface area contributed by atoms with Gasteiger partial charge in [0.1, 0.15) is 21.8 Å². The molecule has 0 aliphatic carbocycles. The highest BCUT2D eigenvalue weighted by molar-refractivity contribution is 7.98. The Labute approximate surface area is 198 Å². The third-order valence-electron chi connectivity index (χ3n) is 4.27. The molecule has 0 aromatic carbocycles. The highest BCUT2D eigenvalue weighted by Crippen LogP contribution is 2.43. The number of esters is 2. The van der Waals surface area contributed by atoms with Gasteiger partial charge in [-0.05, 0) is 12.5 Å². The van der Waals surface area contributed by atoms with E-state index in [0.29, 0.717) is 31.1 Å². The average molecular weight is 507 g/mol. The molecule has 0 fully saturated rings. The zero-order valence-corrected chi connectivity index (χ0v) is 20.6. The zero-order valence-electron chi connectivity index (χ0n) is 18.2. The molecule has 1 aliphatic rings. The predicted octanol–water partition coefficient (Wildman–Crippen LogP) is 1.18. The highest BCUT2D eigenvalue weighted by Gasteiger charge is 2.34. The van der Waals surface area contributed by atoms with Crippen LogP contribution in [0.1, 0.15) is 25.8 Å². The maximum atomic E-state index is 13.0. The molecule has 178 valence electrons. The number of hydrogen-bond donors (Lipinski definition) is 2. The Morgan fingerprint density at radius 2 is 1.28 bits per heavy atom. The summed E-state index contributed by atoms with van der Waals surface area (Å²) in [5.41, 5.74) is 0. The zero-order chi connectivity index (χ0) is 23.7. The van der Waals surface area contributed by atoms with Crippen LogP contribution in [-0.4, -0.2) is 87.3 Å². The van der Waals surface area contributed by atoms with Gasteiger partial charge in [-0.15, -0.1) is 11.3 Å². The van der Waals surface area contributed by atoms with Gasteiger partial charge in [-0.2, -0.15) is 23.5 Å². The van der Waals surface area contributed by atoms with E-state index in [1.807, 2.05) is 0 Å². The van der Waals surface area contributed by atoms with E-state index in [9.17, 15) is 19.2 Å². The van der Waals surface area contributed by atoms with E-state index < -0.39 is 35.8 Å². The number of methoxy groups -OCH3 is 2. The second-order valence-electron chi connectivity index (χ2n) is 6.48. The summed E-state index contributed by atoms with van der Waals surface area (Å²) in [6.07, 6.45) is 4.16. The third kappa shape index (κ3) is 6.45. The lowest BCUT2D eigenvalue weighted by atomic mass is 10.2. The number of thioether (sulfide) groups is 2. The molecule has 1 aromatic heterocycles. The van der Waals surface area contributed by atoms with Crippen LogP contribution in [0.25, 0.3) is 0 Å². The summed E-state index contributed by atoms with van der Waals surface area (Å²) in [6, 6.07) is -1.73. The molecule has 0 spiro atoms. The Bertz CT molecular complexity index is 780. The van der Waals surface area contributed by atoms with Gasteiger partial charge in [-0.1, -0.05) is 0 Å². The van der Waals surface area contributed by atoms with Crippen LogP contribution in [0.4, 0.5) is 0 Å². The molecule has 2 atom stereocenters. The van der Waals surface area contributed by atoms with Gasteiger partial charge in [0.25, 0.3) is 11.8 Å². The number of carbonyl (C=O) groups excluding carboxylic acids is 4. The van der Waals surface area contributed by atoms with Crippen molar-refractivity contribution < 1.29 is 38.1 Å². The summed E-state index contributed by atoms with van der Waals surface area (Å²) in [6.45, 7) is 0.598. The fourth-order valence-electron chi connectivity index (χ4n) is 2.77. The van der Waals surface area contributed by atoms with Crippen LogP contribution in [0.3, 0.4) is 0 Å². The van der Waals surface area contributed by atoms with Gasteiger partial charge in [0, 0.05) is 17.9 Å². The van der Waals surface area contributed by atoms with E-state index in [1.165, 1.54) is 37.7 Å². The number of carbonyl (C=O) groups is 4. The first-order valence-corrected chi connectivity index (χ1v) is 13.2. The lowest BCUT2D eigenvalue weighted by molar-refractivity contribution is -0.143. The summed E-state index contributed by atoms with van der Waals surface area (Å²) in [5, 5.41) is 5.26. The van der Waals surface area contributed by atoms with Gasteiger partial charge in [-0.25, -0.2) is 9.59 Å². The van der Waals surface area contributed by atoms with Crippen LogP contribution in [0.2, 0.25) is 0 Å². The van der Waals surface area contributed by atoms with Gasteiger partial charge >= 0.3 is 11.9 Å². The number of nitrogens with one attached hydrogen (secondary N) is 2. The van der Waals surface area contributed by atoms with E-state index in [0.717, 1.165) is 11.3 Å². The molecule has 2 unspecified atom stereocenters. The van der Waals surface area contributed by atoms with Crippen molar-refractivity contribution in [1.29, 1.82) is 0 Å².